The molecule has 0 atom stereocenters. The minimum atomic E-state index is -1.18. The fourth-order valence-electron chi connectivity index (χ4n) is 2.94. The van der Waals surface area contributed by atoms with E-state index in [2.05, 4.69) is 0 Å². The molecule has 1 aliphatic carbocycles. The fourth-order valence-corrected chi connectivity index (χ4v) is 2.94. The number of pyridine rings is 1. The first-order chi connectivity index (χ1) is 9.99. The van der Waals surface area contributed by atoms with Crippen LogP contribution in [0.2, 0.25) is 0 Å². The number of nitro groups is 1. The van der Waals surface area contributed by atoms with Gasteiger partial charge in [0.05, 0.1) is 22.0 Å². The van der Waals surface area contributed by atoms with Gasteiger partial charge >= 0.3 is 5.69 Å². The van der Waals surface area contributed by atoms with Crippen LogP contribution in [0.4, 0.5) is 14.5 Å². The lowest BCUT2D eigenvalue weighted by atomic mass is 10.1. The van der Waals surface area contributed by atoms with Gasteiger partial charge in [0.1, 0.15) is 0 Å². The van der Waals surface area contributed by atoms with Crippen LogP contribution in [0.3, 0.4) is 0 Å². The van der Waals surface area contributed by atoms with Crippen molar-refractivity contribution in [3.05, 3.63) is 50.3 Å². The first kappa shape index (κ1) is 13.7. The molecule has 0 spiro atoms. The molecule has 0 saturated heterocycles. The highest BCUT2D eigenvalue weighted by Gasteiger charge is 2.24. The molecule has 0 radical (unpaired) electrons. The molecule has 7 heteroatoms. The second kappa shape index (κ2) is 4.91. The highest BCUT2D eigenvalue weighted by molar-refractivity contribution is 5.81. The molecule has 0 aliphatic heterocycles. The van der Waals surface area contributed by atoms with Crippen LogP contribution in [-0.2, 0) is 0 Å². The van der Waals surface area contributed by atoms with Gasteiger partial charge in [0.15, 0.2) is 11.6 Å². The predicted octanol–water partition coefficient (Wildman–Crippen LogP) is 3.30. The number of nitrogens with zero attached hydrogens (tertiary/aromatic N) is 2. The third-order valence-corrected chi connectivity index (χ3v) is 3.97. The minimum absolute atomic E-state index is 0.0309. The standard InChI is InChI=1S/C14H12F2N2O3/c15-10-5-9-12(6-11(10)16)17(8-3-1-2-4-8)7-13(14(9)19)18(20)21/h5-8H,1-4H2. The molecule has 1 aromatic carbocycles. The zero-order valence-electron chi connectivity index (χ0n) is 11.0. The molecule has 21 heavy (non-hydrogen) atoms. The van der Waals surface area contributed by atoms with Crippen molar-refractivity contribution in [2.45, 2.75) is 31.7 Å². The number of fused-ring (bicyclic) bond motifs is 1. The van der Waals surface area contributed by atoms with Crippen LogP contribution in [-0.4, -0.2) is 9.49 Å². The molecule has 1 aromatic heterocycles. The monoisotopic (exact) mass is 294 g/mol. The minimum Gasteiger partial charge on any atom is -0.338 e. The van der Waals surface area contributed by atoms with E-state index < -0.39 is 27.7 Å². The molecule has 5 nitrogen and oxygen atoms in total. The summed E-state index contributed by atoms with van der Waals surface area (Å²) in [6.45, 7) is 0. The van der Waals surface area contributed by atoms with E-state index in [0.29, 0.717) is 0 Å². The summed E-state index contributed by atoms with van der Waals surface area (Å²) in [7, 11) is 0. The molecule has 0 unspecified atom stereocenters. The Kier molecular flexibility index (Phi) is 3.19. The third-order valence-electron chi connectivity index (χ3n) is 3.97. The largest absolute Gasteiger partial charge is 0.338 e. The molecular formula is C14H12F2N2O3. The van der Waals surface area contributed by atoms with E-state index in [1.54, 1.807) is 4.57 Å². The number of halogens is 2. The van der Waals surface area contributed by atoms with Crippen molar-refractivity contribution in [3.63, 3.8) is 0 Å². The summed E-state index contributed by atoms with van der Waals surface area (Å²) in [5.41, 5.74) is -1.29. The Bertz CT molecular complexity index is 795. The summed E-state index contributed by atoms with van der Waals surface area (Å²) in [5, 5.41) is 10.9. The molecule has 1 aliphatic rings. The van der Waals surface area contributed by atoms with Crippen LogP contribution in [0.15, 0.2) is 23.1 Å². The lowest BCUT2D eigenvalue weighted by Crippen LogP contribution is -2.16. The summed E-state index contributed by atoms with van der Waals surface area (Å²) in [6, 6.07) is 1.65. The van der Waals surface area contributed by atoms with E-state index >= 15 is 0 Å². The van der Waals surface area contributed by atoms with Crippen molar-refractivity contribution in [1.29, 1.82) is 0 Å². The van der Waals surface area contributed by atoms with Gasteiger partial charge in [-0.05, 0) is 18.9 Å². The van der Waals surface area contributed by atoms with E-state index in [4.69, 9.17) is 0 Å². The number of hydrogen-bond donors (Lipinski definition) is 0. The van der Waals surface area contributed by atoms with Crippen LogP contribution < -0.4 is 5.43 Å². The van der Waals surface area contributed by atoms with E-state index in [1.807, 2.05) is 0 Å². The van der Waals surface area contributed by atoms with Gasteiger partial charge in [-0.2, -0.15) is 0 Å². The SMILES string of the molecule is O=c1c([N+](=O)[O-])cn(C2CCCC2)c2cc(F)c(F)cc12. The molecule has 1 heterocycles. The number of aromatic nitrogens is 1. The van der Waals surface area contributed by atoms with Crippen LogP contribution in [0, 0.1) is 21.7 Å². The molecular weight excluding hydrogens is 282 g/mol. The van der Waals surface area contributed by atoms with Crippen LogP contribution in [0.5, 0.6) is 0 Å². The van der Waals surface area contributed by atoms with Crippen molar-refractivity contribution in [2.75, 3.05) is 0 Å². The lowest BCUT2D eigenvalue weighted by molar-refractivity contribution is -0.386. The molecule has 0 N–H and O–H groups in total. The Morgan fingerprint density at radius 1 is 1.19 bits per heavy atom. The van der Waals surface area contributed by atoms with Crippen LogP contribution >= 0.6 is 0 Å². The summed E-state index contributed by atoms with van der Waals surface area (Å²) in [4.78, 5) is 22.3. The second-order valence-corrected chi connectivity index (χ2v) is 5.23. The Hall–Kier alpha value is -2.31. The van der Waals surface area contributed by atoms with Gasteiger partial charge in [0, 0.05) is 12.1 Å². The first-order valence-electron chi connectivity index (χ1n) is 6.67. The van der Waals surface area contributed by atoms with E-state index in [1.165, 1.54) is 0 Å². The highest BCUT2D eigenvalue weighted by Crippen LogP contribution is 2.33. The highest BCUT2D eigenvalue weighted by atomic mass is 19.2. The average molecular weight is 294 g/mol. The Morgan fingerprint density at radius 3 is 2.43 bits per heavy atom. The number of rotatable bonds is 2. The summed E-state index contributed by atoms with van der Waals surface area (Å²) in [5.74, 6) is -2.25. The van der Waals surface area contributed by atoms with Gasteiger partial charge in [0.25, 0.3) is 5.43 Å². The maximum absolute atomic E-state index is 13.5. The fraction of sp³-hybridized carbons (Fsp3) is 0.357. The van der Waals surface area contributed by atoms with Gasteiger partial charge in [0.2, 0.25) is 0 Å². The molecule has 2 aromatic rings. The Morgan fingerprint density at radius 2 is 1.81 bits per heavy atom. The first-order valence-corrected chi connectivity index (χ1v) is 6.67. The second-order valence-electron chi connectivity index (χ2n) is 5.23. The van der Waals surface area contributed by atoms with Crippen molar-refractivity contribution < 1.29 is 13.7 Å². The van der Waals surface area contributed by atoms with Crippen molar-refractivity contribution in [2.24, 2.45) is 0 Å². The molecule has 1 saturated carbocycles. The quantitative estimate of drug-likeness (QED) is 0.630. The van der Waals surface area contributed by atoms with E-state index in [-0.39, 0.29) is 16.9 Å². The summed E-state index contributed by atoms with van der Waals surface area (Å²) in [6.07, 6.45) is 4.69. The van der Waals surface area contributed by atoms with Crippen LogP contribution in [0.1, 0.15) is 31.7 Å². The third kappa shape index (κ3) is 2.18. The van der Waals surface area contributed by atoms with Crippen molar-refractivity contribution in [1.82, 2.24) is 4.57 Å². The zero-order valence-corrected chi connectivity index (χ0v) is 11.0. The van der Waals surface area contributed by atoms with Crippen LogP contribution in [0.25, 0.3) is 10.9 Å². The Labute approximate surface area is 118 Å². The zero-order chi connectivity index (χ0) is 15.1. The average Bonchev–Trinajstić information content (AvgIpc) is 2.95. The maximum Gasteiger partial charge on any atom is 0.332 e. The Balaban J connectivity index is 2.38. The molecule has 3 rings (SSSR count). The van der Waals surface area contributed by atoms with Gasteiger partial charge in [-0.25, -0.2) is 8.78 Å². The molecule has 1 fully saturated rings. The predicted molar refractivity (Wildman–Crippen MR) is 72.3 cm³/mol. The number of benzene rings is 1. The summed E-state index contributed by atoms with van der Waals surface area (Å²) >= 11 is 0. The maximum atomic E-state index is 13.5. The smallest absolute Gasteiger partial charge is 0.332 e. The van der Waals surface area contributed by atoms with Gasteiger partial charge in [-0.1, -0.05) is 12.8 Å². The van der Waals surface area contributed by atoms with Gasteiger partial charge in [-0.15, -0.1) is 0 Å². The van der Waals surface area contributed by atoms with Gasteiger partial charge < -0.3 is 4.57 Å². The number of hydrogen-bond acceptors (Lipinski definition) is 3. The summed E-state index contributed by atoms with van der Waals surface area (Å²) < 4.78 is 28.4. The normalized spacial score (nSPS) is 15.7. The molecule has 0 amide bonds. The molecule has 0 bridgehead atoms. The lowest BCUT2D eigenvalue weighted by Gasteiger charge is -2.17. The van der Waals surface area contributed by atoms with E-state index in [0.717, 1.165) is 44.0 Å². The van der Waals surface area contributed by atoms with Crippen molar-refractivity contribution in [3.8, 4) is 0 Å². The molecule has 110 valence electrons. The topological polar surface area (TPSA) is 65.1 Å². The van der Waals surface area contributed by atoms with Crippen molar-refractivity contribution >= 4 is 16.6 Å². The van der Waals surface area contributed by atoms with Gasteiger partial charge in [-0.3, -0.25) is 14.9 Å². The van der Waals surface area contributed by atoms with E-state index in [9.17, 15) is 23.7 Å².